The summed E-state index contributed by atoms with van der Waals surface area (Å²) in [4.78, 5) is 0. The van der Waals surface area contributed by atoms with Crippen LogP contribution in [-0.4, -0.2) is 49.2 Å². The van der Waals surface area contributed by atoms with E-state index in [0.29, 0.717) is 0 Å². The van der Waals surface area contributed by atoms with Gasteiger partial charge in [0, 0.05) is 11.1 Å². The quantitative estimate of drug-likeness (QED) is 0.161. The van der Waals surface area contributed by atoms with Crippen molar-refractivity contribution in [1.29, 1.82) is 0 Å². The fourth-order valence-electron chi connectivity index (χ4n) is 5.77. The molecule has 2 aromatic carbocycles. The van der Waals surface area contributed by atoms with Gasteiger partial charge in [0.2, 0.25) is 0 Å². The van der Waals surface area contributed by atoms with E-state index >= 15 is 0 Å². The molecule has 0 aromatic heterocycles. The molecular formula is C34H58Cl2N2. The van der Waals surface area contributed by atoms with Crippen LogP contribution < -0.4 is 24.8 Å². The zero-order valence-corrected chi connectivity index (χ0v) is 26.7. The highest BCUT2D eigenvalue weighted by Gasteiger charge is 2.23. The third kappa shape index (κ3) is 16.1. The lowest BCUT2D eigenvalue weighted by Gasteiger charge is -2.36. The maximum Gasteiger partial charge on any atom is 0.104 e. The standard InChI is InChI=1S/C34H58N2.2ClH/c1-5-7-9-19-27-35(3,31-33-23-15-13-16-24-33)29-21-11-12-22-30-36(4,28-20-10-8-6-2)32-34-25-17-14-18-26-34;;/h13-18,23-26H,5-12,19-22,27-32H2,1-4H3;2*1H/q+2;;/p-2. The van der Waals surface area contributed by atoms with Crippen molar-refractivity contribution in [1.82, 2.24) is 0 Å². The second-order valence-corrected chi connectivity index (χ2v) is 12.0. The molecule has 2 aromatic rings. The molecule has 2 atom stereocenters. The second-order valence-electron chi connectivity index (χ2n) is 12.0. The molecule has 218 valence electrons. The second kappa shape index (κ2) is 21.7. The summed E-state index contributed by atoms with van der Waals surface area (Å²) in [6.07, 6.45) is 16.4. The first-order valence-electron chi connectivity index (χ1n) is 15.2. The molecule has 2 unspecified atom stereocenters. The molecule has 0 radical (unpaired) electrons. The van der Waals surface area contributed by atoms with E-state index in [0.717, 1.165) is 0 Å². The van der Waals surface area contributed by atoms with Crippen LogP contribution in [0.2, 0.25) is 0 Å². The Labute approximate surface area is 249 Å². The van der Waals surface area contributed by atoms with Crippen molar-refractivity contribution in [3.05, 3.63) is 71.8 Å². The van der Waals surface area contributed by atoms with E-state index in [1.165, 1.54) is 136 Å². The maximum atomic E-state index is 2.50. The predicted molar refractivity (Wildman–Crippen MR) is 159 cm³/mol. The Kier molecular flexibility index (Phi) is 21.1. The zero-order valence-electron chi connectivity index (χ0n) is 25.2. The minimum Gasteiger partial charge on any atom is -1.00 e. The van der Waals surface area contributed by atoms with E-state index in [1.54, 1.807) is 0 Å². The van der Waals surface area contributed by atoms with Crippen LogP contribution >= 0.6 is 0 Å². The lowest BCUT2D eigenvalue weighted by atomic mass is 10.1. The highest BCUT2D eigenvalue weighted by Crippen LogP contribution is 2.19. The molecule has 0 saturated carbocycles. The summed E-state index contributed by atoms with van der Waals surface area (Å²) in [6, 6.07) is 22.3. The van der Waals surface area contributed by atoms with Crippen LogP contribution in [0.5, 0.6) is 0 Å². The molecule has 0 fully saturated rings. The zero-order chi connectivity index (χ0) is 26.0. The lowest BCUT2D eigenvalue weighted by Crippen LogP contribution is -3.00. The van der Waals surface area contributed by atoms with E-state index < -0.39 is 0 Å². The van der Waals surface area contributed by atoms with Crippen LogP contribution in [0.25, 0.3) is 0 Å². The van der Waals surface area contributed by atoms with Gasteiger partial charge in [-0.1, -0.05) is 100 Å². The van der Waals surface area contributed by atoms with Crippen molar-refractivity contribution >= 4 is 0 Å². The average Bonchev–Trinajstić information content (AvgIpc) is 2.88. The number of quaternary nitrogens is 2. The van der Waals surface area contributed by atoms with Gasteiger partial charge in [0.25, 0.3) is 0 Å². The number of nitrogens with zero attached hydrogens (tertiary/aromatic N) is 2. The normalized spacial score (nSPS) is 14.1. The van der Waals surface area contributed by atoms with Gasteiger partial charge in [0.05, 0.1) is 40.3 Å². The summed E-state index contributed by atoms with van der Waals surface area (Å²) in [5.74, 6) is 0. The van der Waals surface area contributed by atoms with E-state index in [1.807, 2.05) is 0 Å². The Morgan fingerprint density at radius 2 is 0.711 bits per heavy atom. The highest BCUT2D eigenvalue weighted by molar-refractivity contribution is 5.14. The third-order valence-electron chi connectivity index (χ3n) is 8.06. The van der Waals surface area contributed by atoms with Gasteiger partial charge in [-0.3, -0.25) is 0 Å². The van der Waals surface area contributed by atoms with Crippen molar-refractivity contribution in [3.63, 3.8) is 0 Å². The fraction of sp³-hybridized carbons (Fsp3) is 0.647. The van der Waals surface area contributed by atoms with Gasteiger partial charge in [0.15, 0.2) is 0 Å². The number of hydrogen-bond acceptors (Lipinski definition) is 0. The third-order valence-corrected chi connectivity index (χ3v) is 8.06. The summed E-state index contributed by atoms with van der Waals surface area (Å²) in [7, 11) is 5.01. The van der Waals surface area contributed by atoms with Crippen molar-refractivity contribution in [2.24, 2.45) is 0 Å². The SMILES string of the molecule is CCCCCC[N+](C)(CCCCCC[N+](C)(CCCCCC)Cc1ccccc1)Cc1ccccc1.[Cl-].[Cl-]. The van der Waals surface area contributed by atoms with E-state index in [9.17, 15) is 0 Å². The first-order valence-corrected chi connectivity index (χ1v) is 15.2. The first kappa shape index (κ1) is 36.9. The Morgan fingerprint density at radius 1 is 0.421 bits per heavy atom. The van der Waals surface area contributed by atoms with Crippen molar-refractivity contribution < 1.29 is 33.8 Å². The molecule has 0 spiro atoms. The first-order chi connectivity index (χ1) is 17.5. The highest BCUT2D eigenvalue weighted by atomic mass is 35.5. The molecule has 2 nitrogen and oxygen atoms in total. The average molecular weight is 566 g/mol. The molecule has 2 rings (SSSR count). The number of rotatable bonds is 21. The number of benzene rings is 2. The summed E-state index contributed by atoms with van der Waals surface area (Å²) < 4.78 is 2.40. The van der Waals surface area contributed by atoms with Crippen molar-refractivity contribution in [2.45, 2.75) is 104 Å². The number of hydrogen-bond donors (Lipinski definition) is 0. The van der Waals surface area contributed by atoms with E-state index in [4.69, 9.17) is 0 Å². The van der Waals surface area contributed by atoms with Gasteiger partial charge in [-0.15, -0.1) is 0 Å². The Hall–Kier alpha value is -1.06. The summed E-state index contributed by atoms with van der Waals surface area (Å²) in [5, 5.41) is 0. The van der Waals surface area contributed by atoms with Crippen LogP contribution in [0.4, 0.5) is 0 Å². The fourth-order valence-corrected chi connectivity index (χ4v) is 5.77. The molecule has 0 heterocycles. The van der Waals surface area contributed by atoms with Crippen molar-refractivity contribution in [2.75, 3.05) is 40.3 Å². The van der Waals surface area contributed by atoms with Gasteiger partial charge >= 0.3 is 0 Å². The lowest BCUT2D eigenvalue weighted by molar-refractivity contribution is -0.923. The molecule has 0 aliphatic carbocycles. The van der Waals surface area contributed by atoms with E-state index in [2.05, 4.69) is 88.6 Å². The molecule has 0 amide bonds. The molecule has 0 N–H and O–H groups in total. The van der Waals surface area contributed by atoms with Crippen LogP contribution in [0.3, 0.4) is 0 Å². The monoisotopic (exact) mass is 564 g/mol. The maximum absolute atomic E-state index is 2.50. The summed E-state index contributed by atoms with van der Waals surface area (Å²) >= 11 is 0. The van der Waals surface area contributed by atoms with Gasteiger partial charge in [-0.05, 0) is 51.4 Å². The molecule has 4 heteroatoms. The van der Waals surface area contributed by atoms with Gasteiger partial charge in [-0.25, -0.2) is 0 Å². The smallest absolute Gasteiger partial charge is 0.104 e. The summed E-state index contributed by atoms with van der Waals surface area (Å²) in [5.41, 5.74) is 2.99. The largest absolute Gasteiger partial charge is 1.00 e. The topological polar surface area (TPSA) is 0 Å². The Balaban J connectivity index is 0.00000684. The van der Waals surface area contributed by atoms with Crippen LogP contribution in [0, 0.1) is 0 Å². The molecular weight excluding hydrogens is 507 g/mol. The minimum atomic E-state index is 0. The molecule has 0 aliphatic heterocycles. The van der Waals surface area contributed by atoms with Gasteiger partial charge in [0.1, 0.15) is 13.1 Å². The van der Waals surface area contributed by atoms with E-state index in [-0.39, 0.29) is 24.8 Å². The number of unbranched alkanes of at least 4 members (excludes halogenated alkanes) is 9. The van der Waals surface area contributed by atoms with Crippen LogP contribution in [-0.2, 0) is 13.1 Å². The van der Waals surface area contributed by atoms with Crippen LogP contribution in [0.1, 0.15) is 102 Å². The molecule has 0 aliphatic rings. The van der Waals surface area contributed by atoms with Gasteiger partial charge in [-0.2, -0.15) is 0 Å². The molecule has 0 bridgehead atoms. The Bertz CT molecular complexity index is 718. The Morgan fingerprint density at radius 3 is 1.00 bits per heavy atom. The van der Waals surface area contributed by atoms with Gasteiger partial charge < -0.3 is 33.8 Å². The predicted octanol–water partition coefficient (Wildman–Crippen LogP) is 3.01. The summed E-state index contributed by atoms with van der Waals surface area (Å²) in [6.45, 7) is 12.2. The van der Waals surface area contributed by atoms with Crippen LogP contribution in [0.15, 0.2) is 60.7 Å². The minimum absolute atomic E-state index is 0. The molecule has 0 saturated heterocycles. The van der Waals surface area contributed by atoms with Crippen molar-refractivity contribution in [3.8, 4) is 0 Å². The molecule has 38 heavy (non-hydrogen) atoms. The number of halogens is 2.